The van der Waals surface area contributed by atoms with Crippen molar-refractivity contribution in [2.24, 2.45) is 0 Å². The molecule has 6 nitrogen and oxygen atoms in total. The lowest BCUT2D eigenvalue weighted by Crippen LogP contribution is -2.24. The van der Waals surface area contributed by atoms with Crippen LogP contribution in [0.3, 0.4) is 0 Å². The van der Waals surface area contributed by atoms with Gasteiger partial charge in [-0.25, -0.2) is 0 Å². The maximum atomic E-state index is 12.3. The predicted molar refractivity (Wildman–Crippen MR) is 96.6 cm³/mol. The van der Waals surface area contributed by atoms with Crippen molar-refractivity contribution < 1.29 is 27.5 Å². The fourth-order valence-electron chi connectivity index (χ4n) is 3.42. The van der Waals surface area contributed by atoms with Crippen LogP contribution in [0.1, 0.15) is 23.9 Å². The smallest absolute Gasteiger partial charge is 0.406 e. The first-order chi connectivity index (χ1) is 13.9. The molecule has 2 heterocycles. The van der Waals surface area contributed by atoms with E-state index in [0.29, 0.717) is 31.0 Å². The number of likely N-dealkylation sites (tertiary alicyclic amines) is 1. The molecule has 2 atom stereocenters. The molecule has 1 fully saturated rings. The number of ether oxygens (including phenoxy) is 1. The minimum absolute atomic E-state index is 0.237. The molecule has 1 N–H and O–H groups in total. The molecule has 3 aromatic rings. The number of aliphatic hydroxyl groups is 1. The zero-order valence-corrected chi connectivity index (χ0v) is 15.2. The van der Waals surface area contributed by atoms with Gasteiger partial charge in [-0.3, -0.25) is 4.90 Å². The van der Waals surface area contributed by atoms with Crippen LogP contribution in [0.25, 0.3) is 11.4 Å². The molecule has 29 heavy (non-hydrogen) atoms. The first kappa shape index (κ1) is 19.4. The maximum absolute atomic E-state index is 12.3. The highest BCUT2D eigenvalue weighted by atomic mass is 19.4. The molecule has 1 aliphatic heterocycles. The standard InChI is InChI=1S/C20H18F3N3O3/c21-20(22,23)28-16-8-6-14(7-9-16)18-24-19(29-25-18)17-10-15(27)12-26(17)11-13-4-2-1-3-5-13/h1-9,15,17,27H,10-12H2. The number of hydrogen-bond donors (Lipinski definition) is 1. The van der Waals surface area contributed by atoms with Crippen molar-refractivity contribution in [1.29, 1.82) is 0 Å². The van der Waals surface area contributed by atoms with Crippen molar-refractivity contribution >= 4 is 0 Å². The van der Waals surface area contributed by atoms with Gasteiger partial charge in [0.05, 0.1) is 12.1 Å². The topological polar surface area (TPSA) is 71.6 Å². The van der Waals surface area contributed by atoms with Crippen LogP contribution in [-0.4, -0.2) is 39.2 Å². The molecular formula is C20H18F3N3O3. The summed E-state index contributed by atoms with van der Waals surface area (Å²) in [5.74, 6) is 0.306. The monoisotopic (exact) mass is 405 g/mol. The Bertz CT molecular complexity index is 945. The number of β-amino-alcohol motifs (C(OH)–C–C–N with tert-alkyl or cyclic N) is 1. The number of aromatic nitrogens is 2. The third-order valence-electron chi connectivity index (χ3n) is 4.68. The molecule has 1 aromatic heterocycles. The molecule has 4 rings (SSSR count). The number of hydrogen-bond acceptors (Lipinski definition) is 6. The Morgan fingerprint density at radius 2 is 1.83 bits per heavy atom. The predicted octanol–water partition coefficient (Wildman–Crippen LogP) is 3.94. The van der Waals surface area contributed by atoms with E-state index >= 15 is 0 Å². The number of halogens is 3. The third-order valence-corrected chi connectivity index (χ3v) is 4.68. The fourth-order valence-corrected chi connectivity index (χ4v) is 3.42. The molecular weight excluding hydrogens is 387 g/mol. The van der Waals surface area contributed by atoms with Crippen molar-refractivity contribution in [1.82, 2.24) is 15.0 Å². The van der Waals surface area contributed by atoms with Crippen LogP contribution >= 0.6 is 0 Å². The van der Waals surface area contributed by atoms with Gasteiger partial charge in [-0.05, 0) is 36.2 Å². The SMILES string of the molecule is OC1CC(c2nc(-c3ccc(OC(F)(F)F)cc3)no2)N(Cc2ccccc2)C1. The van der Waals surface area contributed by atoms with E-state index in [9.17, 15) is 18.3 Å². The van der Waals surface area contributed by atoms with Crippen LogP contribution in [0.15, 0.2) is 59.1 Å². The van der Waals surface area contributed by atoms with E-state index in [-0.39, 0.29) is 17.6 Å². The van der Waals surface area contributed by atoms with Crippen molar-refractivity contribution in [3.63, 3.8) is 0 Å². The Balaban J connectivity index is 1.50. The van der Waals surface area contributed by atoms with Crippen LogP contribution in [0.4, 0.5) is 13.2 Å². The lowest BCUT2D eigenvalue weighted by atomic mass is 10.1. The van der Waals surface area contributed by atoms with Gasteiger partial charge in [-0.15, -0.1) is 13.2 Å². The van der Waals surface area contributed by atoms with E-state index in [1.54, 1.807) is 0 Å². The van der Waals surface area contributed by atoms with Crippen LogP contribution < -0.4 is 4.74 Å². The summed E-state index contributed by atoms with van der Waals surface area (Å²) in [5, 5.41) is 14.1. The van der Waals surface area contributed by atoms with E-state index in [4.69, 9.17) is 4.52 Å². The molecule has 0 amide bonds. The van der Waals surface area contributed by atoms with Gasteiger partial charge in [0.1, 0.15) is 5.75 Å². The van der Waals surface area contributed by atoms with Crippen molar-refractivity contribution in [2.45, 2.75) is 31.5 Å². The number of nitrogens with zero attached hydrogens (tertiary/aromatic N) is 3. The zero-order chi connectivity index (χ0) is 20.4. The van der Waals surface area contributed by atoms with E-state index in [1.807, 2.05) is 30.3 Å². The van der Waals surface area contributed by atoms with Crippen molar-refractivity contribution in [2.75, 3.05) is 6.54 Å². The lowest BCUT2D eigenvalue weighted by molar-refractivity contribution is -0.274. The quantitative estimate of drug-likeness (QED) is 0.693. The Morgan fingerprint density at radius 1 is 1.10 bits per heavy atom. The zero-order valence-electron chi connectivity index (χ0n) is 15.2. The van der Waals surface area contributed by atoms with Gasteiger partial charge in [0.25, 0.3) is 0 Å². The maximum Gasteiger partial charge on any atom is 0.573 e. The first-order valence-corrected chi connectivity index (χ1v) is 9.03. The number of benzene rings is 2. The van der Waals surface area contributed by atoms with E-state index in [0.717, 1.165) is 5.56 Å². The van der Waals surface area contributed by atoms with Gasteiger partial charge in [0.15, 0.2) is 0 Å². The van der Waals surface area contributed by atoms with Gasteiger partial charge < -0.3 is 14.4 Å². The van der Waals surface area contributed by atoms with Crippen LogP contribution in [0, 0.1) is 0 Å². The summed E-state index contributed by atoms with van der Waals surface area (Å²) in [5.41, 5.74) is 1.61. The highest BCUT2D eigenvalue weighted by Crippen LogP contribution is 2.34. The fraction of sp³-hybridized carbons (Fsp3) is 0.300. The molecule has 0 radical (unpaired) electrons. The Morgan fingerprint density at radius 3 is 2.52 bits per heavy atom. The normalized spacial score (nSPS) is 20.1. The van der Waals surface area contributed by atoms with Gasteiger partial charge in [0.2, 0.25) is 11.7 Å². The number of alkyl halides is 3. The van der Waals surface area contributed by atoms with Crippen LogP contribution in [0.5, 0.6) is 5.75 Å². The largest absolute Gasteiger partial charge is 0.573 e. The second-order valence-corrected chi connectivity index (χ2v) is 6.85. The van der Waals surface area contributed by atoms with Crippen molar-refractivity contribution in [3.8, 4) is 17.1 Å². The highest BCUT2D eigenvalue weighted by molar-refractivity contribution is 5.55. The van der Waals surface area contributed by atoms with Gasteiger partial charge in [-0.2, -0.15) is 4.98 Å². The summed E-state index contributed by atoms with van der Waals surface area (Å²) in [6.45, 7) is 1.12. The number of rotatable bonds is 5. The van der Waals surface area contributed by atoms with Gasteiger partial charge in [0, 0.05) is 18.7 Å². The van der Waals surface area contributed by atoms with E-state index in [2.05, 4.69) is 19.8 Å². The first-order valence-electron chi connectivity index (χ1n) is 9.03. The van der Waals surface area contributed by atoms with Crippen LogP contribution in [-0.2, 0) is 6.54 Å². The molecule has 0 spiro atoms. The average molecular weight is 405 g/mol. The molecule has 2 unspecified atom stereocenters. The van der Waals surface area contributed by atoms with Crippen molar-refractivity contribution in [3.05, 3.63) is 66.1 Å². The summed E-state index contributed by atoms with van der Waals surface area (Å²) in [6.07, 6.45) is -4.78. The van der Waals surface area contributed by atoms with Gasteiger partial charge >= 0.3 is 6.36 Å². The average Bonchev–Trinajstić information content (AvgIpc) is 3.29. The Labute approximate surface area is 164 Å². The summed E-state index contributed by atoms with van der Waals surface area (Å²) >= 11 is 0. The molecule has 152 valence electrons. The molecule has 0 saturated carbocycles. The minimum Gasteiger partial charge on any atom is -0.406 e. The molecule has 9 heteroatoms. The number of aliphatic hydroxyl groups excluding tert-OH is 1. The minimum atomic E-state index is -4.74. The van der Waals surface area contributed by atoms with E-state index in [1.165, 1.54) is 24.3 Å². The summed E-state index contributed by atoms with van der Waals surface area (Å²) < 4.78 is 46.1. The van der Waals surface area contributed by atoms with Crippen LogP contribution in [0.2, 0.25) is 0 Å². The Kier molecular flexibility index (Phi) is 5.25. The second kappa shape index (κ2) is 7.84. The molecule has 1 saturated heterocycles. The lowest BCUT2D eigenvalue weighted by Gasteiger charge is -2.21. The van der Waals surface area contributed by atoms with E-state index < -0.39 is 12.5 Å². The molecule has 1 aliphatic rings. The summed E-state index contributed by atoms with van der Waals surface area (Å²) in [6, 6.07) is 14.9. The second-order valence-electron chi connectivity index (χ2n) is 6.85. The molecule has 2 aromatic carbocycles. The summed E-state index contributed by atoms with van der Waals surface area (Å²) in [4.78, 5) is 6.47. The third kappa shape index (κ3) is 4.75. The Hall–Kier alpha value is -2.91. The summed E-state index contributed by atoms with van der Waals surface area (Å²) in [7, 11) is 0. The highest BCUT2D eigenvalue weighted by Gasteiger charge is 2.36. The van der Waals surface area contributed by atoms with Gasteiger partial charge in [-0.1, -0.05) is 35.5 Å². The molecule has 0 bridgehead atoms. The molecule has 0 aliphatic carbocycles.